The molecule has 1 atom stereocenters. The maximum atomic E-state index is 13.3. The van der Waals surface area contributed by atoms with Crippen molar-refractivity contribution in [1.82, 2.24) is 0 Å². The molecule has 0 heterocycles. The van der Waals surface area contributed by atoms with Crippen LogP contribution in [0.4, 0.5) is 4.39 Å². The molecule has 1 N–H and O–H groups in total. The second-order valence-corrected chi connectivity index (χ2v) is 4.18. The predicted molar refractivity (Wildman–Crippen MR) is 44.2 cm³/mol. The number of halogens is 1. The maximum absolute atomic E-state index is 13.3. The topological polar surface area (TPSA) is 63.6 Å². The number of methoxy groups -OCH3 is 1. The molecule has 1 rings (SSSR count). The van der Waals surface area contributed by atoms with Crippen molar-refractivity contribution in [3.63, 3.8) is 0 Å². The summed E-state index contributed by atoms with van der Waals surface area (Å²) in [4.78, 5) is 10.8. The van der Waals surface area contributed by atoms with E-state index in [0.29, 0.717) is 0 Å². The molecule has 1 aliphatic carbocycles. The van der Waals surface area contributed by atoms with Crippen molar-refractivity contribution < 1.29 is 22.7 Å². The SMILES string of the molecule is COC(=O)C1CC(F)(CS(=O)O)C1. The molecule has 1 aliphatic rings. The van der Waals surface area contributed by atoms with Gasteiger partial charge in [0.15, 0.2) is 11.1 Å². The summed E-state index contributed by atoms with van der Waals surface area (Å²) in [6.07, 6.45) is -0.0159. The third-order valence-electron chi connectivity index (χ3n) is 2.14. The van der Waals surface area contributed by atoms with Crippen molar-refractivity contribution in [2.24, 2.45) is 5.92 Å². The first-order chi connectivity index (χ1) is 5.97. The van der Waals surface area contributed by atoms with Crippen LogP contribution < -0.4 is 0 Å². The Hall–Kier alpha value is -0.490. The molecular formula is C7H11FO4S. The largest absolute Gasteiger partial charge is 0.469 e. The zero-order valence-electron chi connectivity index (χ0n) is 7.16. The van der Waals surface area contributed by atoms with Crippen LogP contribution in [0.5, 0.6) is 0 Å². The van der Waals surface area contributed by atoms with E-state index < -0.39 is 34.4 Å². The zero-order chi connectivity index (χ0) is 10.1. The lowest BCUT2D eigenvalue weighted by atomic mass is 9.73. The molecule has 0 aliphatic heterocycles. The molecule has 0 saturated heterocycles. The van der Waals surface area contributed by atoms with Crippen LogP contribution in [-0.2, 0) is 20.6 Å². The Kier molecular flexibility index (Phi) is 3.02. The van der Waals surface area contributed by atoms with Gasteiger partial charge in [-0.3, -0.25) is 4.79 Å². The molecule has 1 unspecified atom stereocenters. The third-order valence-corrected chi connectivity index (χ3v) is 2.91. The van der Waals surface area contributed by atoms with E-state index in [1.807, 2.05) is 0 Å². The van der Waals surface area contributed by atoms with E-state index in [2.05, 4.69) is 4.74 Å². The van der Waals surface area contributed by atoms with Gasteiger partial charge in [-0.15, -0.1) is 0 Å². The summed E-state index contributed by atoms with van der Waals surface area (Å²) in [5.41, 5.74) is -1.65. The fraction of sp³-hybridized carbons (Fsp3) is 0.857. The second kappa shape index (κ2) is 3.71. The van der Waals surface area contributed by atoms with Crippen LogP contribution in [0.1, 0.15) is 12.8 Å². The standard InChI is InChI=1S/C7H11FO4S/c1-12-6(9)5-2-7(8,3-5)4-13(10)11/h5H,2-4H2,1H3,(H,10,11). The van der Waals surface area contributed by atoms with Crippen LogP contribution in [0.15, 0.2) is 0 Å². The molecule has 76 valence electrons. The predicted octanol–water partition coefficient (Wildman–Crippen LogP) is 0.499. The lowest BCUT2D eigenvalue weighted by Gasteiger charge is -2.38. The smallest absolute Gasteiger partial charge is 0.308 e. The van der Waals surface area contributed by atoms with Gasteiger partial charge in [-0.1, -0.05) is 0 Å². The molecule has 0 radical (unpaired) electrons. The first kappa shape index (κ1) is 10.6. The number of carbonyl (C=O) groups excluding carboxylic acids is 1. The molecule has 1 saturated carbocycles. The molecule has 13 heavy (non-hydrogen) atoms. The zero-order valence-corrected chi connectivity index (χ0v) is 7.97. The molecule has 4 nitrogen and oxygen atoms in total. The number of rotatable bonds is 3. The highest BCUT2D eigenvalue weighted by Crippen LogP contribution is 2.42. The van der Waals surface area contributed by atoms with Gasteiger partial charge in [0.25, 0.3) is 0 Å². The van der Waals surface area contributed by atoms with E-state index in [4.69, 9.17) is 4.55 Å². The lowest BCUT2D eigenvalue weighted by molar-refractivity contribution is -0.154. The van der Waals surface area contributed by atoms with Crippen LogP contribution in [0.3, 0.4) is 0 Å². The molecule has 1 fully saturated rings. The molecular weight excluding hydrogens is 199 g/mol. The number of hydrogen-bond acceptors (Lipinski definition) is 3. The summed E-state index contributed by atoms with van der Waals surface area (Å²) in [6.45, 7) is 0. The van der Waals surface area contributed by atoms with Gasteiger partial charge in [-0.05, 0) is 12.8 Å². The third kappa shape index (κ3) is 2.47. The molecule has 6 heteroatoms. The molecule has 0 amide bonds. The highest BCUT2D eigenvalue weighted by Gasteiger charge is 2.49. The molecule has 0 bridgehead atoms. The van der Waals surface area contributed by atoms with E-state index >= 15 is 0 Å². The van der Waals surface area contributed by atoms with Gasteiger partial charge >= 0.3 is 5.97 Å². The summed E-state index contributed by atoms with van der Waals surface area (Å²) in [7, 11) is 1.24. The van der Waals surface area contributed by atoms with Gasteiger partial charge < -0.3 is 9.29 Å². The molecule has 0 spiro atoms. The minimum atomic E-state index is -2.14. The normalized spacial score (nSPS) is 34.8. The number of carbonyl (C=O) groups is 1. The van der Waals surface area contributed by atoms with Crippen molar-refractivity contribution >= 4 is 17.0 Å². The van der Waals surface area contributed by atoms with Gasteiger partial charge in [0.05, 0.1) is 18.8 Å². The van der Waals surface area contributed by atoms with E-state index in [1.165, 1.54) is 7.11 Å². The minimum absolute atomic E-state index is 0.00796. The van der Waals surface area contributed by atoms with Crippen LogP contribution in [0.25, 0.3) is 0 Å². The quantitative estimate of drug-likeness (QED) is 0.544. The second-order valence-electron chi connectivity index (χ2n) is 3.25. The minimum Gasteiger partial charge on any atom is -0.469 e. The van der Waals surface area contributed by atoms with Crippen molar-refractivity contribution in [1.29, 1.82) is 0 Å². The molecule has 0 aromatic carbocycles. The van der Waals surface area contributed by atoms with Crippen molar-refractivity contribution in [3.8, 4) is 0 Å². The summed E-state index contributed by atoms with van der Waals surface area (Å²) < 4.78 is 36.5. The average Bonchev–Trinajstić information content (AvgIpc) is 1.97. The van der Waals surface area contributed by atoms with Crippen LogP contribution in [0, 0.1) is 5.92 Å². The number of hydrogen-bond donors (Lipinski definition) is 1. The number of ether oxygens (including phenoxy) is 1. The first-order valence-corrected chi connectivity index (χ1v) is 5.09. The summed E-state index contributed by atoms with van der Waals surface area (Å²) in [5.74, 6) is -1.31. The Bertz CT molecular complexity index is 237. The number of esters is 1. The van der Waals surface area contributed by atoms with Gasteiger partial charge in [0.2, 0.25) is 0 Å². The van der Waals surface area contributed by atoms with E-state index in [-0.39, 0.29) is 12.8 Å². The Morgan fingerprint density at radius 1 is 1.77 bits per heavy atom. The van der Waals surface area contributed by atoms with Crippen LogP contribution in [-0.4, -0.2) is 33.3 Å². The van der Waals surface area contributed by atoms with E-state index in [1.54, 1.807) is 0 Å². The first-order valence-electron chi connectivity index (χ1n) is 3.81. The van der Waals surface area contributed by atoms with Gasteiger partial charge in [0, 0.05) is 0 Å². The highest BCUT2D eigenvalue weighted by molar-refractivity contribution is 7.79. The Morgan fingerprint density at radius 3 is 2.69 bits per heavy atom. The van der Waals surface area contributed by atoms with Crippen molar-refractivity contribution in [2.75, 3.05) is 12.9 Å². The Labute approximate surface area is 77.7 Å². The van der Waals surface area contributed by atoms with Crippen LogP contribution in [0.2, 0.25) is 0 Å². The molecule has 0 aromatic rings. The lowest BCUT2D eigenvalue weighted by Crippen LogP contribution is -2.47. The van der Waals surface area contributed by atoms with E-state index in [9.17, 15) is 13.4 Å². The Morgan fingerprint density at radius 2 is 2.31 bits per heavy atom. The highest BCUT2D eigenvalue weighted by atomic mass is 32.2. The summed E-state index contributed by atoms with van der Waals surface area (Å²) >= 11 is -2.14. The average molecular weight is 210 g/mol. The van der Waals surface area contributed by atoms with E-state index in [0.717, 1.165) is 0 Å². The fourth-order valence-electron chi connectivity index (χ4n) is 1.50. The fourth-order valence-corrected chi connectivity index (χ4v) is 2.17. The van der Waals surface area contributed by atoms with Gasteiger partial charge in [-0.2, -0.15) is 0 Å². The number of alkyl halides is 1. The maximum Gasteiger partial charge on any atom is 0.308 e. The van der Waals surface area contributed by atoms with Crippen molar-refractivity contribution in [3.05, 3.63) is 0 Å². The summed E-state index contributed by atoms with van der Waals surface area (Å²) in [5, 5.41) is 0. The monoisotopic (exact) mass is 210 g/mol. The van der Waals surface area contributed by atoms with Crippen molar-refractivity contribution in [2.45, 2.75) is 18.5 Å². The van der Waals surface area contributed by atoms with Gasteiger partial charge in [-0.25, -0.2) is 8.60 Å². The Balaban J connectivity index is 2.38. The van der Waals surface area contributed by atoms with Gasteiger partial charge in [0.1, 0.15) is 5.67 Å². The molecule has 0 aromatic heterocycles. The summed E-state index contributed by atoms with van der Waals surface area (Å²) in [6, 6.07) is 0. The van der Waals surface area contributed by atoms with Crippen LogP contribution >= 0.6 is 0 Å².